The Bertz CT molecular complexity index is 1700. The molecule has 11 heteroatoms. The van der Waals surface area contributed by atoms with Crippen molar-refractivity contribution in [2.75, 3.05) is 24.6 Å². The second kappa shape index (κ2) is 11.5. The molecule has 43 heavy (non-hydrogen) atoms. The molecule has 1 aliphatic heterocycles. The number of hydrogen-bond acceptors (Lipinski definition) is 6. The Morgan fingerprint density at radius 3 is 2.65 bits per heavy atom. The summed E-state index contributed by atoms with van der Waals surface area (Å²) in [6.45, 7) is 9.06. The number of phenols is 1. The van der Waals surface area contributed by atoms with Gasteiger partial charge in [-0.1, -0.05) is 24.2 Å². The quantitative estimate of drug-likeness (QED) is 0.237. The number of anilines is 1. The van der Waals surface area contributed by atoms with E-state index in [1.54, 1.807) is 4.90 Å². The zero-order valence-corrected chi connectivity index (χ0v) is 24.7. The summed E-state index contributed by atoms with van der Waals surface area (Å²) < 4.78 is 39.4. The van der Waals surface area contributed by atoms with Crippen molar-refractivity contribution in [2.24, 2.45) is 0 Å². The fourth-order valence-electron chi connectivity index (χ4n) is 5.89. The van der Waals surface area contributed by atoms with Crippen molar-refractivity contribution in [3.8, 4) is 22.9 Å². The predicted octanol–water partition coefficient (Wildman–Crippen LogP) is 6.30. The lowest BCUT2D eigenvalue weighted by molar-refractivity contribution is -0.128. The molecule has 1 aliphatic carbocycles. The molecule has 0 bridgehead atoms. The van der Waals surface area contributed by atoms with Crippen LogP contribution in [0.15, 0.2) is 55.3 Å². The summed E-state index contributed by atoms with van der Waals surface area (Å²) in [4.78, 5) is 25.3. The first-order chi connectivity index (χ1) is 20.7. The molecule has 1 saturated heterocycles. The van der Waals surface area contributed by atoms with Gasteiger partial charge in [-0.25, -0.2) is 8.78 Å². The van der Waals surface area contributed by atoms with Gasteiger partial charge in [0.15, 0.2) is 5.82 Å². The van der Waals surface area contributed by atoms with Crippen LogP contribution in [-0.2, 0) is 11.3 Å². The minimum Gasteiger partial charge on any atom is -0.507 e. The number of carbonyl (C=O) groups excluding carboxylic acids is 1. The molecule has 3 heterocycles. The van der Waals surface area contributed by atoms with Gasteiger partial charge < -0.3 is 24.2 Å². The fourth-order valence-corrected chi connectivity index (χ4v) is 6.18. The third-order valence-corrected chi connectivity index (χ3v) is 8.52. The molecular weight excluding hydrogens is 576 g/mol. The molecule has 224 valence electrons. The average Bonchev–Trinajstić information content (AvgIpc) is 3.72. The Balaban J connectivity index is 1.43. The van der Waals surface area contributed by atoms with Gasteiger partial charge in [0.05, 0.1) is 17.1 Å². The number of piperazine rings is 1. The highest BCUT2D eigenvalue weighted by atomic mass is 35.5. The van der Waals surface area contributed by atoms with Crippen LogP contribution in [0.25, 0.3) is 22.0 Å². The standard InChI is InChI=1S/C32H32ClF2N5O3/c1-4-26(42)39-16-19(3)40(17-18(39)2)31-21-15-22(33)27(28-23(34)7-5-9-25(28)41)29(35)30(21)36-32(37-31)43-14-13-38-12-6-8-24(38)20-10-11-20/h4-9,12,15,18-20,41H,1,10-11,13-14,16-17H2,2-3H3/t18-,19+/m1/s1. The van der Waals surface area contributed by atoms with Crippen molar-refractivity contribution in [3.05, 3.63) is 77.6 Å². The maximum Gasteiger partial charge on any atom is 0.319 e. The smallest absolute Gasteiger partial charge is 0.319 e. The maximum atomic E-state index is 16.4. The number of fused-ring (bicyclic) bond motifs is 1. The minimum atomic E-state index is -0.904. The SMILES string of the molecule is C=CC(=O)N1C[C@H](C)N(c2nc(OCCn3cccc3C3CC3)nc3c(F)c(-c4c(O)cccc4F)c(Cl)cc23)C[C@H]1C. The average molecular weight is 608 g/mol. The highest BCUT2D eigenvalue weighted by Crippen LogP contribution is 2.43. The first-order valence-corrected chi connectivity index (χ1v) is 14.7. The summed E-state index contributed by atoms with van der Waals surface area (Å²) in [5, 5.41) is 10.6. The molecule has 2 fully saturated rings. The number of carbonyl (C=O) groups is 1. The van der Waals surface area contributed by atoms with Gasteiger partial charge in [-0.2, -0.15) is 9.97 Å². The molecule has 6 rings (SSSR count). The second-order valence-electron chi connectivity index (χ2n) is 11.2. The topological polar surface area (TPSA) is 83.7 Å². The van der Waals surface area contributed by atoms with Crippen molar-refractivity contribution in [3.63, 3.8) is 0 Å². The van der Waals surface area contributed by atoms with E-state index in [0.29, 0.717) is 36.8 Å². The van der Waals surface area contributed by atoms with Crippen LogP contribution in [0.3, 0.4) is 0 Å². The summed E-state index contributed by atoms with van der Waals surface area (Å²) in [6, 6.07) is 8.88. The van der Waals surface area contributed by atoms with Crippen molar-refractivity contribution in [2.45, 2.75) is 51.2 Å². The van der Waals surface area contributed by atoms with Crippen LogP contribution in [0.4, 0.5) is 14.6 Å². The van der Waals surface area contributed by atoms with Crippen LogP contribution in [-0.4, -0.2) is 62.2 Å². The predicted molar refractivity (Wildman–Crippen MR) is 162 cm³/mol. The minimum absolute atomic E-state index is 0.0444. The molecule has 1 saturated carbocycles. The first kappa shape index (κ1) is 28.9. The molecule has 0 radical (unpaired) electrons. The lowest BCUT2D eigenvalue weighted by Crippen LogP contribution is -2.58. The van der Waals surface area contributed by atoms with Crippen LogP contribution >= 0.6 is 11.6 Å². The molecule has 2 aromatic heterocycles. The number of benzene rings is 2. The van der Waals surface area contributed by atoms with Crippen molar-refractivity contribution in [1.82, 2.24) is 19.4 Å². The lowest BCUT2D eigenvalue weighted by Gasteiger charge is -2.44. The van der Waals surface area contributed by atoms with E-state index in [4.69, 9.17) is 21.3 Å². The Hall–Kier alpha value is -4.18. The van der Waals surface area contributed by atoms with Gasteiger partial charge in [0.25, 0.3) is 0 Å². The lowest BCUT2D eigenvalue weighted by atomic mass is 10.0. The number of amides is 1. The number of hydrogen-bond donors (Lipinski definition) is 1. The zero-order valence-electron chi connectivity index (χ0n) is 23.9. The van der Waals surface area contributed by atoms with E-state index >= 15 is 4.39 Å². The van der Waals surface area contributed by atoms with E-state index in [0.717, 1.165) is 6.07 Å². The third kappa shape index (κ3) is 5.40. The molecule has 1 N–H and O–H groups in total. The normalized spacial score (nSPS) is 18.7. The van der Waals surface area contributed by atoms with E-state index < -0.39 is 17.4 Å². The third-order valence-electron chi connectivity index (χ3n) is 8.22. The van der Waals surface area contributed by atoms with Crippen molar-refractivity contribution < 1.29 is 23.4 Å². The molecule has 0 spiro atoms. The number of nitrogens with zero attached hydrogens (tertiary/aromatic N) is 5. The molecule has 0 unspecified atom stereocenters. The van der Waals surface area contributed by atoms with Gasteiger partial charge >= 0.3 is 6.01 Å². The molecule has 2 aliphatic rings. The van der Waals surface area contributed by atoms with Gasteiger partial charge in [0.2, 0.25) is 5.91 Å². The van der Waals surface area contributed by atoms with Crippen LogP contribution < -0.4 is 9.64 Å². The monoisotopic (exact) mass is 607 g/mol. The largest absolute Gasteiger partial charge is 0.507 e. The van der Waals surface area contributed by atoms with Crippen LogP contribution in [0.1, 0.15) is 38.3 Å². The number of phenolic OH excluding ortho intramolecular Hbond substituents is 1. The van der Waals surface area contributed by atoms with E-state index in [-0.39, 0.29) is 52.3 Å². The Labute approximate surface area is 253 Å². The number of halogens is 3. The molecule has 4 aromatic rings. The van der Waals surface area contributed by atoms with Gasteiger partial charge in [0, 0.05) is 48.0 Å². The summed E-state index contributed by atoms with van der Waals surface area (Å²) in [6.07, 6.45) is 5.64. The number of rotatable bonds is 8. The Morgan fingerprint density at radius 1 is 1.14 bits per heavy atom. The van der Waals surface area contributed by atoms with Gasteiger partial charge in [-0.3, -0.25) is 4.79 Å². The zero-order chi connectivity index (χ0) is 30.4. The fraction of sp³-hybridized carbons (Fsp3) is 0.344. The van der Waals surface area contributed by atoms with Crippen molar-refractivity contribution >= 4 is 34.2 Å². The van der Waals surface area contributed by atoms with E-state index in [1.165, 1.54) is 42.8 Å². The van der Waals surface area contributed by atoms with Crippen LogP contribution in [0.2, 0.25) is 5.02 Å². The highest BCUT2D eigenvalue weighted by Gasteiger charge is 2.34. The summed E-state index contributed by atoms with van der Waals surface area (Å²) in [5.41, 5.74) is 0.484. The highest BCUT2D eigenvalue weighted by molar-refractivity contribution is 6.34. The van der Waals surface area contributed by atoms with Crippen LogP contribution in [0, 0.1) is 11.6 Å². The molecule has 2 aromatic carbocycles. The van der Waals surface area contributed by atoms with Gasteiger partial charge in [-0.05, 0) is 69.0 Å². The molecule has 8 nitrogen and oxygen atoms in total. The number of ether oxygens (including phenoxy) is 1. The van der Waals surface area contributed by atoms with Gasteiger partial charge in [-0.15, -0.1) is 0 Å². The van der Waals surface area contributed by atoms with Crippen molar-refractivity contribution in [1.29, 1.82) is 0 Å². The Kier molecular flexibility index (Phi) is 7.72. The van der Waals surface area contributed by atoms with E-state index in [1.807, 2.05) is 31.0 Å². The van der Waals surface area contributed by atoms with E-state index in [2.05, 4.69) is 22.2 Å². The molecular formula is C32H32ClF2N5O3. The number of aromatic nitrogens is 3. The van der Waals surface area contributed by atoms with Crippen LogP contribution in [0.5, 0.6) is 11.8 Å². The second-order valence-corrected chi connectivity index (χ2v) is 11.6. The van der Waals surface area contributed by atoms with Gasteiger partial charge in [0.1, 0.15) is 29.5 Å². The first-order valence-electron chi connectivity index (χ1n) is 14.3. The Morgan fingerprint density at radius 2 is 1.93 bits per heavy atom. The summed E-state index contributed by atoms with van der Waals surface area (Å²) in [5.74, 6) is -1.40. The maximum absolute atomic E-state index is 16.4. The molecule has 2 atom stereocenters. The summed E-state index contributed by atoms with van der Waals surface area (Å²) in [7, 11) is 0. The molecule has 1 amide bonds. The van der Waals surface area contributed by atoms with E-state index in [9.17, 15) is 14.3 Å². The summed E-state index contributed by atoms with van der Waals surface area (Å²) >= 11 is 6.58. The number of aromatic hydroxyl groups is 1.